The lowest BCUT2D eigenvalue weighted by Gasteiger charge is -2.27. The summed E-state index contributed by atoms with van der Waals surface area (Å²) in [4.78, 5) is 14.2. The van der Waals surface area contributed by atoms with E-state index in [0.717, 1.165) is 24.2 Å². The van der Waals surface area contributed by atoms with Gasteiger partial charge < -0.3 is 14.7 Å². The van der Waals surface area contributed by atoms with Crippen LogP contribution in [0.3, 0.4) is 0 Å². The Bertz CT molecular complexity index is 770. The zero-order chi connectivity index (χ0) is 17.4. The maximum Gasteiger partial charge on any atom is 0.260 e. The molecule has 0 saturated heterocycles. The molecule has 1 aromatic carbocycles. The first kappa shape index (κ1) is 16.4. The zero-order valence-electron chi connectivity index (χ0n) is 13.8. The fraction of sp³-hybridized carbons (Fsp3) is 0.444. The fourth-order valence-corrected chi connectivity index (χ4v) is 3.19. The lowest BCUT2D eigenvalue weighted by atomic mass is 10.1. The average molecular weight is 362 g/mol. The number of aliphatic hydroxyl groups is 1. The van der Waals surface area contributed by atoms with Gasteiger partial charge in [0.05, 0.1) is 24.5 Å². The highest BCUT2D eigenvalue weighted by Gasteiger charge is 2.33. The number of ether oxygens (including phenoxy) is 1. The normalized spacial score (nSPS) is 17.9. The number of amides is 1. The number of hydrogen-bond acceptors (Lipinski definition) is 4. The van der Waals surface area contributed by atoms with Gasteiger partial charge in [-0.05, 0) is 49.1 Å². The molecule has 0 bridgehead atoms. The van der Waals surface area contributed by atoms with Gasteiger partial charge in [-0.2, -0.15) is 5.10 Å². The van der Waals surface area contributed by atoms with Gasteiger partial charge in [-0.1, -0.05) is 11.6 Å². The molecule has 1 aromatic heterocycles. The van der Waals surface area contributed by atoms with Crippen molar-refractivity contribution >= 4 is 17.5 Å². The van der Waals surface area contributed by atoms with Gasteiger partial charge in [-0.25, -0.2) is 0 Å². The molecule has 1 N–H and O–H groups in total. The summed E-state index contributed by atoms with van der Waals surface area (Å²) in [5.74, 6) is 0.906. The number of hydrogen-bond donors (Lipinski definition) is 1. The molecule has 2 heterocycles. The predicted octanol–water partition coefficient (Wildman–Crippen LogP) is 2.40. The summed E-state index contributed by atoms with van der Waals surface area (Å²) in [5.41, 5.74) is 1.69. The Morgan fingerprint density at radius 3 is 2.80 bits per heavy atom. The van der Waals surface area contributed by atoms with Crippen molar-refractivity contribution in [2.75, 3.05) is 13.2 Å². The molecule has 2 aliphatic rings. The third-order valence-corrected chi connectivity index (χ3v) is 4.97. The van der Waals surface area contributed by atoms with Gasteiger partial charge in [-0.3, -0.25) is 9.48 Å². The number of fused-ring (bicyclic) bond motifs is 1. The molecular formula is C18H20ClN3O3. The number of aromatic nitrogens is 2. The first-order valence-corrected chi connectivity index (χ1v) is 8.89. The SMILES string of the molecule is O=C(COc1ccc(Cl)cc1)N1CCn2nc([C@@H](O)C3CC3)cc2C1. The van der Waals surface area contributed by atoms with Crippen molar-refractivity contribution in [2.45, 2.75) is 32.0 Å². The summed E-state index contributed by atoms with van der Waals surface area (Å²) < 4.78 is 7.43. The molecule has 2 aromatic rings. The Balaban J connectivity index is 1.36. The zero-order valence-corrected chi connectivity index (χ0v) is 14.5. The van der Waals surface area contributed by atoms with E-state index in [2.05, 4.69) is 5.10 Å². The van der Waals surface area contributed by atoms with E-state index < -0.39 is 6.10 Å². The van der Waals surface area contributed by atoms with Gasteiger partial charge in [0.15, 0.2) is 6.61 Å². The lowest BCUT2D eigenvalue weighted by molar-refractivity contribution is -0.134. The number of halogens is 1. The summed E-state index contributed by atoms with van der Waals surface area (Å²) in [6.45, 7) is 1.72. The standard InChI is InChI=1S/C18H20ClN3O3/c19-13-3-5-15(6-4-13)25-11-17(23)21-7-8-22-14(10-21)9-16(20-22)18(24)12-1-2-12/h3-6,9,12,18,24H,1-2,7-8,10-11H2/t18-/m0/s1. The van der Waals surface area contributed by atoms with Crippen LogP contribution in [0.1, 0.15) is 30.3 Å². The van der Waals surface area contributed by atoms with E-state index in [0.29, 0.717) is 36.3 Å². The summed E-state index contributed by atoms with van der Waals surface area (Å²) in [6, 6.07) is 8.86. The summed E-state index contributed by atoms with van der Waals surface area (Å²) in [6.07, 6.45) is 1.65. The van der Waals surface area contributed by atoms with E-state index in [1.807, 2.05) is 10.7 Å². The van der Waals surface area contributed by atoms with E-state index in [1.165, 1.54) is 0 Å². The Morgan fingerprint density at radius 2 is 2.08 bits per heavy atom. The summed E-state index contributed by atoms with van der Waals surface area (Å²) in [7, 11) is 0. The molecule has 7 heteroatoms. The molecule has 6 nitrogen and oxygen atoms in total. The van der Waals surface area contributed by atoms with E-state index >= 15 is 0 Å². The van der Waals surface area contributed by atoms with Gasteiger partial charge in [-0.15, -0.1) is 0 Å². The van der Waals surface area contributed by atoms with Crippen LogP contribution in [0, 0.1) is 5.92 Å². The highest BCUT2D eigenvalue weighted by molar-refractivity contribution is 6.30. The summed E-state index contributed by atoms with van der Waals surface area (Å²) >= 11 is 5.83. The van der Waals surface area contributed by atoms with Crippen LogP contribution in [0.2, 0.25) is 5.02 Å². The van der Waals surface area contributed by atoms with Crippen molar-refractivity contribution in [3.8, 4) is 5.75 Å². The number of carbonyl (C=O) groups excluding carboxylic acids is 1. The van der Waals surface area contributed by atoms with Crippen LogP contribution in [-0.4, -0.2) is 38.8 Å². The lowest BCUT2D eigenvalue weighted by Crippen LogP contribution is -2.40. The Hall–Kier alpha value is -2.05. The quantitative estimate of drug-likeness (QED) is 0.888. The van der Waals surface area contributed by atoms with Gasteiger partial charge in [0.1, 0.15) is 11.9 Å². The maximum atomic E-state index is 12.4. The number of benzene rings is 1. The molecule has 1 saturated carbocycles. The van der Waals surface area contributed by atoms with Crippen molar-refractivity contribution in [1.29, 1.82) is 0 Å². The van der Waals surface area contributed by atoms with Crippen molar-refractivity contribution in [3.05, 3.63) is 46.7 Å². The fourth-order valence-electron chi connectivity index (χ4n) is 3.07. The van der Waals surface area contributed by atoms with Crippen molar-refractivity contribution in [1.82, 2.24) is 14.7 Å². The molecule has 1 aliphatic carbocycles. The van der Waals surface area contributed by atoms with Gasteiger partial charge in [0.2, 0.25) is 0 Å². The molecule has 1 atom stereocenters. The molecule has 0 spiro atoms. The van der Waals surface area contributed by atoms with E-state index in [-0.39, 0.29) is 12.5 Å². The van der Waals surface area contributed by atoms with Crippen LogP contribution < -0.4 is 4.74 Å². The van der Waals surface area contributed by atoms with Crippen molar-refractivity contribution in [3.63, 3.8) is 0 Å². The smallest absolute Gasteiger partial charge is 0.260 e. The second-order valence-electron chi connectivity index (χ2n) is 6.62. The topological polar surface area (TPSA) is 67.6 Å². The molecule has 1 amide bonds. The van der Waals surface area contributed by atoms with Crippen LogP contribution in [0.5, 0.6) is 5.75 Å². The predicted molar refractivity (Wildman–Crippen MR) is 92.3 cm³/mol. The van der Waals surface area contributed by atoms with Crippen LogP contribution >= 0.6 is 11.6 Å². The molecule has 4 rings (SSSR count). The minimum atomic E-state index is -0.476. The monoisotopic (exact) mass is 361 g/mol. The molecular weight excluding hydrogens is 342 g/mol. The Morgan fingerprint density at radius 1 is 1.32 bits per heavy atom. The Kier molecular flexibility index (Phi) is 4.39. The first-order chi connectivity index (χ1) is 12.1. The second-order valence-corrected chi connectivity index (χ2v) is 7.06. The van der Waals surface area contributed by atoms with Crippen LogP contribution in [0.4, 0.5) is 0 Å². The van der Waals surface area contributed by atoms with E-state index in [4.69, 9.17) is 16.3 Å². The van der Waals surface area contributed by atoms with E-state index in [1.54, 1.807) is 29.2 Å². The number of nitrogens with zero attached hydrogens (tertiary/aromatic N) is 3. The van der Waals surface area contributed by atoms with Crippen LogP contribution in [0.25, 0.3) is 0 Å². The first-order valence-electron chi connectivity index (χ1n) is 8.51. The van der Waals surface area contributed by atoms with Crippen LogP contribution in [0.15, 0.2) is 30.3 Å². The molecule has 1 fully saturated rings. The number of aliphatic hydroxyl groups excluding tert-OH is 1. The Labute approximate surface area is 151 Å². The molecule has 1 aliphatic heterocycles. The molecule has 0 unspecified atom stereocenters. The largest absolute Gasteiger partial charge is 0.484 e. The van der Waals surface area contributed by atoms with E-state index in [9.17, 15) is 9.90 Å². The molecule has 0 radical (unpaired) electrons. The van der Waals surface area contributed by atoms with Crippen LogP contribution in [-0.2, 0) is 17.9 Å². The second kappa shape index (κ2) is 6.69. The molecule has 25 heavy (non-hydrogen) atoms. The average Bonchev–Trinajstić information content (AvgIpc) is 3.38. The van der Waals surface area contributed by atoms with Crippen molar-refractivity contribution in [2.24, 2.45) is 5.92 Å². The summed E-state index contributed by atoms with van der Waals surface area (Å²) in [5, 5.41) is 15.4. The highest BCUT2D eigenvalue weighted by Crippen LogP contribution is 2.40. The van der Waals surface area contributed by atoms with Gasteiger partial charge in [0, 0.05) is 11.6 Å². The number of rotatable bonds is 5. The third-order valence-electron chi connectivity index (χ3n) is 4.72. The minimum absolute atomic E-state index is 0.00662. The van der Waals surface area contributed by atoms with Gasteiger partial charge >= 0.3 is 0 Å². The number of carbonyl (C=O) groups is 1. The third kappa shape index (κ3) is 3.65. The van der Waals surface area contributed by atoms with Crippen molar-refractivity contribution < 1.29 is 14.6 Å². The maximum absolute atomic E-state index is 12.4. The van der Waals surface area contributed by atoms with Gasteiger partial charge in [0.25, 0.3) is 5.91 Å². The highest BCUT2D eigenvalue weighted by atomic mass is 35.5. The minimum Gasteiger partial charge on any atom is -0.484 e. The molecule has 132 valence electrons.